The van der Waals surface area contributed by atoms with Crippen LogP contribution in [0.3, 0.4) is 0 Å². The Morgan fingerprint density at radius 2 is 1.68 bits per heavy atom. The number of fused-ring (bicyclic) bond motifs is 1. The topological polar surface area (TPSA) is 83.5 Å². The monoisotopic (exact) mass is 627 g/mol. The number of para-hydroxylation sites is 1. The molecule has 3 heterocycles. The van der Waals surface area contributed by atoms with Gasteiger partial charge in [-0.1, -0.05) is 54.2 Å². The van der Waals surface area contributed by atoms with E-state index in [1.807, 2.05) is 74.6 Å². The molecule has 0 saturated carbocycles. The average Bonchev–Trinajstić information content (AvgIpc) is 3.51. The van der Waals surface area contributed by atoms with Crippen molar-refractivity contribution in [2.45, 2.75) is 18.4 Å². The Hall–Kier alpha value is -3.77. The zero-order valence-corrected chi connectivity index (χ0v) is 26.9. The van der Waals surface area contributed by atoms with Crippen molar-refractivity contribution in [2.24, 2.45) is 4.99 Å². The molecule has 0 atom stereocenters. The number of carbonyl (C=O) groups excluding carboxylic acids is 2. The Labute approximate surface area is 267 Å². The number of anilines is 3. The van der Waals surface area contributed by atoms with Gasteiger partial charge in [0, 0.05) is 50.4 Å². The van der Waals surface area contributed by atoms with Crippen LogP contribution in [0.25, 0.3) is 0 Å². The minimum absolute atomic E-state index is 0.0478. The summed E-state index contributed by atoms with van der Waals surface area (Å²) in [6.07, 6.45) is 0. The molecule has 6 rings (SSSR count). The number of amidine groups is 1. The summed E-state index contributed by atoms with van der Waals surface area (Å²) in [4.78, 5) is 42.2. The minimum atomic E-state index is -0.0682. The number of benzene rings is 3. The van der Waals surface area contributed by atoms with Gasteiger partial charge in [-0.05, 0) is 61.6 Å². The van der Waals surface area contributed by atoms with Gasteiger partial charge in [-0.25, -0.2) is 4.99 Å². The lowest BCUT2D eigenvalue weighted by Crippen LogP contribution is -2.47. The van der Waals surface area contributed by atoms with E-state index >= 15 is 0 Å². The molecular formula is C33H37N7O2S2. The first kappa shape index (κ1) is 30.3. The lowest BCUT2D eigenvalue weighted by atomic mass is 10.2. The van der Waals surface area contributed by atoms with Gasteiger partial charge in [0.05, 0.1) is 35.2 Å². The first-order valence-corrected chi connectivity index (χ1v) is 16.5. The molecule has 0 radical (unpaired) electrons. The number of nitrogens with zero attached hydrogens (tertiary/aromatic N) is 5. The van der Waals surface area contributed by atoms with Gasteiger partial charge < -0.3 is 20.4 Å². The summed E-state index contributed by atoms with van der Waals surface area (Å²) in [5.41, 5.74) is 4.29. The van der Waals surface area contributed by atoms with E-state index in [-0.39, 0.29) is 11.8 Å². The third-order valence-corrected chi connectivity index (χ3v) is 10.2. The van der Waals surface area contributed by atoms with Crippen LogP contribution >= 0.6 is 23.5 Å². The van der Waals surface area contributed by atoms with Crippen molar-refractivity contribution in [3.63, 3.8) is 0 Å². The first-order chi connectivity index (χ1) is 21.4. The molecule has 2 fully saturated rings. The molecule has 2 N–H and O–H groups in total. The van der Waals surface area contributed by atoms with Gasteiger partial charge in [0.15, 0.2) is 5.17 Å². The van der Waals surface area contributed by atoms with Gasteiger partial charge in [-0.3, -0.25) is 19.4 Å². The summed E-state index contributed by atoms with van der Waals surface area (Å²) < 4.78 is 0. The summed E-state index contributed by atoms with van der Waals surface area (Å²) >= 11 is 3.01. The van der Waals surface area contributed by atoms with Crippen LogP contribution in [0.1, 0.15) is 12.5 Å². The van der Waals surface area contributed by atoms with E-state index in [1.165, 1.54) is 11.8 Å². The lowest BCUT2D eigenvalue weighted by Gasteiger charge is -2.31. The second kappa shape index (κ2) is 13.5. The number of hydrogen-bond acceptors (Lipinski definition) is 9. The van der Waals surface area contributed by atoms with E-state index in [0.717, 1.165) is 53.0 Å². The molecule has 2 saturated heterocycles. The largest absolute Gasteiger partial charge is 0.384 e. The van der Waals surface area contributed by atoms with Gasteiger partial charge >= 0.3 is 0 Å². The number of hydrogen-bond donors (Lipinski definition) is 2. The molecule has 0 bridgehead atoms. The zero-order valence-electron chi connectivity index (χ0n) is 25.2. The third-order valence-electron chi connectivity index (χ3n) is 7.81. The smallest absolute Gasteiger partial charge is 0.269 e. The number of piperazine rings is 1. The Kier molecular flexibility index (Phi) is 9.27. The number of amides is 2. The predicted molar refractivity (Wildman–Crippen MR) is 183 cm³/mol. The van der Waals surface area contributed by atoms with E-state index in [0.29, 0.717) is 41.1 Å². The van der Waals surface area contributed by atoms with Crippen molar-refractivity contribution in [1.82, 2.24) is 14.7 Å². The fourth-order valence-electron chi connectivity index (χ4n) is 5.38. The number of likely N-dealkylation sites (N-methyl/N-ethyl adjacent to an activating group) is 1. The van der Waals surface area contributed by atoms with Crippen LogP contribution in [-0.2, 0) is 16.1 Å². The molecule has 3 aromatic carbocycles. The highest BCUT2D eigenvalue weighted by molar-refractivity contribution is 8.19. The Morgan fingerprint density at radius 3 is 2.43 bits per heavy atom. The van der Waals surface area contributed by atoms with Crippen LogP contribution in [0.4, 0.5) is 22.7 Å². The minimum Gasteiger partial charge on any atom is -0.384 e. The number of aliphatic imine (C=N–C) groups is 1. The Bertz CT molecular complexity index is 1600. The number of thioether (sulfide) groups is 2. The highest BCUT2D eigenvalue weighted by Gasteiger charge is 2.39. The maximum absolute atomic E-state index is 14.1. The van der Waals surface area contributed by atoms with Gasteiger partial charge in [0.2, 0.25) is 5.91 Å². The van der Waals surface area contributed by atoms with Crippen LogP contribution in [0, 0.1) is 0 Å². The zero-order chi connectivity index (χ0) is 30.6. The predicted octanol–water partition coefficient (Wildman–Crippen LogP) is 5.48. The van der Waals surface area contributed by atoms with Gasteiger partial charge in [-0.2, -0.15) is 0 Å². The molecule has 0 aromatic heterocycles. The molecule has 44 heavy (non-hydrogen) atoms. The number of carbonyl (C=O) groups is 2. The number of nitrogens with one attached hydrogen (secondary N) is 2. The maximum atomic E-state index is 14.1. The van der Waals surface area contributed by atoms with Crippen LogP contribution in [0.5, 0.6) is 0 Å². The number of rotatable bonds is 8. The van der Waals surface area contributed by atoms with Gasteiger partial charge in [-0.15, -0.1) is 0 Å². The molecule has 3 aromatic rings. The van der Waals surface area contributed by atoms with Gasteiger partial charge in [0.1, 0.15) is 4.91 Å². The normalized spacial score (nSPS) is 20.0. The fraction of sp³-hybridized carbons (Fsp3) is 0.303. The van der Waals surface area contributed by atoms with Crippen molar-refractivity contribution in [3.8, 4) is 0 Å². The van der Waals surface area contributed by atoms with E-state index in [4.69, 9.17) is 4.99 Å². The summed E-state index contributed by atoms with van der Waals surface area (Å²) in [6.45, 7) is 7.17. The molecule has 228 valence electrons. The Morgan fingerprint density at radius 1 is 0.932 bits per heavy atom. The molecule has 0 spiro atoms. The van der Waals surface area contributed by atoms with Crippen molar-refractivity contribution in [2.75, 3.05) is 68.9 Å². The van der Waals surface area contributed by atoms with E-state index < -0.39 is 0 Å². The summed E-state index contributed by atoms with van der Waals surface area (Å²) in [7, 11) is 4.11. The van der Waals surface area contributed by atoms with Crippen molar-refractivity contribution in [1.29, 1.82) is 0 Å². The van der Waals surface area contributed by atoms with E-state index in [9.17, 15) is 9.59 Å². The first-order valence-electron chi connectivity index (χ1n) is 14.9. The van der Waals surface area contributed by atoms with Crippen LogP contribution in [0.15, 0.2) is 92.6 Å². The molecule has 3 aliphatic rings. The quantitative estimate of drug-likeness (QED) is 0.318. The average molecular weight is 628 g/mol. The van der Waals surface area contributed by atoms with E-state index in [2.05, 4.69) is 44.5 Å². The standard InChI is InChI=1S/C33H37N7O2S2/c1-4-34-25-15-14-24(35-29(41)22-39-18-16-37(2)17-19-39)20-26(25)36-33-40(21-23-10-6-5-7-11-23)31(42)30(44-33)32-38(3)27-12-8-9-13-28(27)43-32/h5-15,20,34H,4,16-19,21-22H2,1-3H3,(H,35,41)/b32-30-,36-33-. The molecule has 11 heteroatoms. The maximum Gasteiger partial charge on any atom is 0.269 e. The molecule has 3 aliphatic heterocycles. The second-order valence-corrected chi connectivity index (χ2v) is 13.0. The molecule has 0 aliphatic carbocycles. The Balaban J connectivity index is 1.31. The van der Waals surface area contributed by atoms with Crippen molar-refractivity contribution >= 4 is 63.3 Å². The second-order valence-electron chi connectivity index (χ2n) is 11.0. The fourth-order valence-corrected chi connectivity index (χ4v) is 7.71. The summed E-state index contributed by atoms with van der Waals surface area (Å²) in [5, 5.41) is 7.97. The van der Waals surface area contributed by atoms with Gasteiger partial charge in [0.25, 0.3) is 5.91 Å². The molecule has 9 nitrogen and oxygen atoms in total. The van der Waals surface area contributed by atoms with Crippen LogP contribution < -0.4 is 15.5 Å². The molecule has 2 amide bonds. The van der Waals surface area contributed by atoms with E-state index in [1.54, 1.807) is 16.7 Å². The highest BCUT2D eigenvalue weighted by Crippen LogP contribution is 2.50. The third kappa shape index (κ3) is 6.66. The van der Waals surface area contributed by atoms with Crippen molar-refractivity contribution in [3.05, 3.63) is 88.3 Å². The molecular weight excluding hydrogens is 591 g/mol. The lowest BCUT2D eigenvalue weighted by molar-refractivity contribution is -0.122. The molecule has 0 unspecified atom stereocenters. The van der Waals surface area contributed by atoms with Crippen molar-refractivity contribution < 1.29 is 9.59 Å². The SMILES string of the molecule is CCNc1ccc(NC(=O)CN2CCN(C)CC2)cc1/N=C1\S/C(=C2\Sc3ccccc3N2C)C(=O)N1Cc1ccccc1. The summed E-state index contributed by atoms with van der Waals surface area (Å²) in [5.74, 6) is -0.116. The summed E-state index contributed by atoms with van der Waals surface area (Å²) in [6, 6.07) is 23.9. The van der Waals surface area contributed by atoms with Crippen LogP contribution in [-0.4, -0.2) is 85.0 Å². The van der Waals surface area contributed by atoms with Crippen LogP contribution in [0.2, 0.25) is 0 Å². The highest BCUT2D eigenvalue weighted by atomic mass is 32.2.